The monoisotopic (exact) mass is 289 g/mol. The number of fused-ring (bicyclic) bond motifs is 2. The molecule has 0 spiro atoms. The first-order valence-electron chi connectivity index (χ1n) is 6.76. The molecule has 20 heavy (non-hydrogen) atoms. The second-order valence-electron chi connectivity index (χ2n) is 4.87. The van der Waals surface area contributed by atoms with Gasteiger partial charge in [0.05, 0.1) is 21.6 Å². The van der Waals surface area contributed by atoms with Gasteiger partial charge in [0.25, 0.3) is 0 Å². The lowest BCUT2D eigenvalue weighted by molar-refractivity contribution is 0.671. The number of benzene rings is 1. The molecule has 0 aliphatic carbocycles. The van der Waals surface area contributed by atoms with Crippen LogP contribution in [0.1, 0.15) is 19.5 Å². The van der Waals surface area contributed by atoms with E-state index >= 15 is 0 Å². The zero-order valence-electron chi connectivity index (χ0n) is 11.8. The van der Waals surface area contributed by atoms with Crippen LogP contribution in [-0.2, 0) is 13.1 Å². The molecule has 0 atom stereocenters. The molecule has 0 saturated heterocycles. The van der Waals surface area contributed by atoms with Crippen LogP contribution in [0.2, 0.25) is 5.02 Å². The highest BCUT2D eigenvalue weighted by Gasteiger charge is 2.13. The molecule has 0 saturated carbocycles. The Labute approximate surface area is 121 Å². The molecule has 2 aromatic heterocycles. The summed E-state index contributed by atoms with van der Waals surface area (Å²) in [7, 11) is 0. The third kappa shape index (κ3) is 1.75. The van der Waals surface area contributed by atoms with Crippen molar-refractivity contribution in [2.45, 2.75) is 33.9 Å². The van der Waals surface area contributed by atoms with Crippen LogP contribution >= 0.6 is 11.6 Å². The van der Waals surface area contributed by atoms with Crippen LogP contribution in [0.5, 0.6) is 0 Å². The summed E-state index contributed by atoms with van der Waals surface area (Å²) in [6.07, 6.45) is 0. The topological polar surface area (TPSA) is 39.8 Å². The molecule has 3 rings (SSSR count). The molecule has 0 aliphatic rings. The standard InChI is InChI=1S/C15H16ClN3O/c1-4-18-13-7-10-11(16)6-9(3)17-12(10)8-14(13)19(5-2)15(18)20/h6-8H,4-5H2,1-3H3. The Kier molecular flexibility index (Phi) is 3.05. The van der Waals surface area contributed by atoms with Gasteiger partial charge in [0.2, 0.25) is 0 Å². The fourth-order valence-corrected chi connectivity index (χ4v) is 3.04. The Morgan fingerprint density at radius 3 is 2.30 bits per heavy atom. The lowest BCUT2D eigenvalue weighted by Gasteiger charge is -2.05. The van der Waals surface area contributed by atoms with Crippen molar-refractivity contribution in [1.29, 1.82) is 0 Å². The third-order valence-corrected chi connectivity index (χ3v) is 3.97. The fraction of sp³-hybridized carbons (Fsp3) is 0.333. The first-order valence-corrected chi connectivity index (χ1v) is 7.14. The summed E-state index contributed by atoms with van der Waals surface area (Å²) in [6.45, 7) is 7.15. The summed E-state index contributed by atoms with van der Waals surface area (Å²) in [6, 6.07) is 5.78. The van der Waals surface area contributed by atoms with Gasteiger partial charge in [0.15, 0.2) is 0 Å². The van der Waals surface area contributed by atoms with Gasteiger partial charge in [-0.25, -0.2) is 4.79 Å². The highest BCUT2D eigenvalue weighted by molar-refractivity contribution is 6.35. The maximum atomic E-state index is 12.4. The van der Waals surface area contributed by atoms with Crippen LogP contribution < -0.4 is 5.69 Å². The number of aryl methyl sites for hydroxylation is 3. The van der Waals surface area contributed by atoms with E-state index in [-0.39, 0.29) is 5.69 Å². The Bertz CT molecular complexity index is 876. The molecule has 0 amide bonds. The van der Waals surface area contributed by atoms with Crippen molar-refractivity contribution in [3.63, 3.8) is 0 Å². The lowest BCUT2D eigenvalue weighted by atomic mass is 10.1. The third-order valence-electron chi connectivity index (χ3n) is 3.66. The number of imidazole rings is 1. The minimum Gasteiger partial charge on any atom is -0.292 e. The van der Waals surface area contributed by atoms with Gasteiger partial charge in [-0.2, -0.15) is 0 Å². The van der Waals surface area contributed by atoms with Gasteiger partial charge in [-0.05, 0) is 39.0 Å². The van der Waals surface area contributed by atoms with Crippen LogP contribution in [0.25, 0.3) is 21.9 Å². The zero-order valence-corrected chi connectivity index (χ0v) is 12.5. The van der Waals surface area contributed by atoms with Crippen LogP contribution in [0, 0.1) is 6.92 Å². The second-order valence-corrected chi connectivity index (χ2v) is 5.28. The van der Waals surface area contributed by atoms with Crippen molar-refractivity contribution >= 4 is 33.5 Å². The minimum absolute atomic E-state index is 0.0214. The van der Waals surface area contributed by atoms with Crippen LogP contribution in [-0.4, -0.2) is 14.1 Å². The Balaban J connectivity index is 2.54. The average molecular weight is 290 g/mol. The molecular weight excluding hydrogens is 274 g/mol. The van der Waals surface area contributed by atoms with E-state index in [2.05, 4.69) is 4.98 Å². The van der Waals surface area contributed by atoms with E-state index in [1.165, 1.54) is 0 Å². The van der Waals surface area contributed by atoms with Crippen LogP contribution in [0.15, 0.2) is 23.0 Å². The van der Waals surface area contributed by atoms with E-state index in [1.54, 1.807) is 9.13 Å². The van der Waals surface area contributed by atoms with E-state index in [1.807, 2.05) is 39.0 Å². The number of aromatic nitrogens is 3. The van der Waals surface area contributed by atoms with E-state index < -0.39 is 0 Å². The number of hydrogen-bond donors (Lipinski definition) is 0. The van der Waals surface area contributed by atoms with Gasteiger partial charge < -0.3 is 0 Å². The molecule has 3 aromatic rings. The minimum atomic E-state index is 0.0214. The van der Waals surface area contributed by atoms with E-state index in [0.717, 1.165) is 27.6 Å². The highest BCUT2D eigenvalue weighted by atomic mass is 35.5. The number of halogens is 1. The number of rotatable bonds is 2. The van der Waals surface area contributed by atoms with Gasteiger partial charge in [-0.3, -0.25) is 14.1 Å². The Morgan fingerprint density at radius 2 is 1.70 bits per heavy atom. The lowest BCUT2D eigenvalue weighted by Crippen LogP contribution is -2.22. The van der Waals surface area contributed by atoms with Crippen LogP contribution in [0.4, 0.5) is 0 Å². The van der Waals surface area contributed by atoms with Crippen molar-refractivity contribution in [3.05, 3.63) is 39.4 Å². The molecule has 2 heterocycles. The van der Waals surface area contributed by atoms with Crippen molar-refractivity contribution in [2.75, 3.05) is 0 Å². The number of nitrogens with zero attached hydrogens (tertiary/aromatic N) is 3. The molecule has 0 bridgehead atoms. The Hall–Kier alpha value is -1.81. The largest absolute Gasteiger partial charge is 0.329 e. The quantitative estimate of drug-likeness (QED) is 0.726. The van der Waals surface area contributed by atoms with Crippen LogP contribution in [0.3, 0.4) is 0 Å². The average Bonchev–Trinajstić information content (AvgIpc) is 2.66. The molecule has 0 N–H and O–H groups in total. The van der Waals surface area contributed by atoms with Gasteiger partial charge in [0, 0.05) is 24.2 Å². The smallest absolute Gasteiger partial charge is 0.292 e. The summed E-state index contributed by atoms with van der Waals surface area (Å²) in [5.41, 5.74) is 3.56. The molecule has 1 aromatic carbocycles. The van der Waals surface area contributed by atoms with Crippen molar-refractivity contribution < 1.29 is 0 Å². The zero-order chi connectivity index (χ0) is 14.4. The number of hydrogen-bond acceptors (Lipinski definition) is 2. The second kappa shape index (κ2) is 4.63. The molecule has 5 heteroatoms. The predicted octanol–water partition coefficient (Wildman–Crippen LogP) is 3.35. The molecule has 0 unspecified atom stereocenters. The summed E-state index contributed by atoms with van der Waals surface area (Å²) >= 11 is 6.30. The normalized spacial score (nSPS) is 11.6. The van der Waals surface area contributed by atoms with Crippen molar-refractivity contribution in [2.24, 2.45) is 0 Å². The first-order chi connectivity index (χ1) is 9.56. The molecular formula is C15H16ClN3O. The summed E-state index contributed by atoms with van der Waals surface area (Å²) < 4.78 is 3.55. The van der Waals surface area contributed by atoms with Gasteiger partial charge in [0.1, 0.15) is 0 Å². The molecule has 0 radical (unpaired) electrons. The molecule has 0 aliphatic heterocycles. The number of pyridine rings is 1. The Morgan fingerprint density at radius 1 is 1.10 bits per heavy atom. The van der Waals surface area contributed by atoms with Crippen molar-refractivity contribution in [3.8, 4) is 0 Å². The van der Waals surface area contributed by atoms with Gasteiger partial charge in [-0.1, -0.05) is 11.6 Å². The summed E-state index contributed by atoms with van der Waals surface area (Å²) in [5, 5.41) is 1.56. The molecule has 104 valence electrons. The highest BCUT2D eigenvalue weighted by Crippen LogP contribution is 2.27. The molecule has 4 nitrogen and oxygen atoms in total. The van der Waals surface area contributed by atoms with Gasteiger partial charge in [-0.15, -0.1) is 0 Å². The van der Waals surface area contributed by atoms with E-state index in [0.29, 0.717) is 18.1 Å². The van der Waals surface area contributed by atoms with Gasteiger partial charge >= 0.3 is 5.69 Å². The predicted molar refractivity (Wildman–Crippen MR) is 82.6 cm³/mol. The maximum Gasteiger partial charge on any atom is 0.329 e. The van der Waals surface area contributed by atoms with E-state index in [4.69, 9.17) is 11.6 Å². The molecule has 0 fully saturated rings. The summed E-state index contributed by atoms with van der Waals surface area (Å²) in [5.74, 6) is 0. The van der Waals surface area contributed by atoms with Crippen molar-refractivity contribution in [1.82, 2.24) is 14.1 Å². The summed E-state index contributed by atoms with van der Waals surface area (Å²) in [4.78, 5) is 16.9. The first kappa shape index (κ1) is 13.2. The van der Waals surface area contributed by atoms with E-state index in [9.17, 15) is 4.79 Å². The maximum absolute atomic E-state index is 12.4. The SMILES string of the molecule is CCn1c(=O)n(CC)c2cc3c(Cl)cc(C)nc3cc21. The fourth-order valence-electron chi connectivity index (χ4n) is 2.73.